The number of nitro groups is 1. The highest BCUT2D eigenvalue weighted by molar-refractivity contribution is 5.75. The summed E-state index contributed by atoms with van der Waals surface area (Å²) in [7, 11) is 0. The molecule has 2 rings (SSSR count). The number of aliphatic carboxylic acids is 1. The smallest absolute Gasteiger partial charge is 0.311 e. The number of nitrogens with zero attached hydrogens (tertiary/aromatic N) is 2. The number of carboxylic acid groups (broad SMARTS) is 1. The maximum absolute atomic E-state index is 11.7. The van der Waals surface area contributed by atoms with Gasteiger partial charge in [0.2, 0.25) is 0 Å². The average molecular weight is 293 g/mol. The lowest BCUT2D eigenvalue weighted by molar-refractivity contribution is -0.384. The van der Waals surface area contributed by atoms with Crippen LogP contribution in [0.15, 0.2) is 18.3 Å². The summed E-state index contributed by atoms with van der Waals surface area (Å²) in [5.41, 5.74) is -0.860. The quantitative estimate of drug-likeness (QED) is 0.491. The van der Waals surface area contributed by atoms with E-state index in [-0.39, 0.29) is 12.2 Å². The van der Waals surface area contributed by atoms with Gasteiger partial charge in [-0.05, 0) is 12.8 Å². The van der Waals surface area contributed by atoms with E-state index in [0.29, 0.717) is 18.7 Å². The largest absolute Gasteiger partial charge is 0.481 e. The van der Waals surface area contributed by atoms with E-state index >= 15 is 0 Å². The predicted molar refractivity (Wildman–Crippen MR) is 77.2 cm³/mol. The standard InChI is InChI=1S/C14H19N3O4/c18-13(19)14(6-3-1-2-4-7-14)10-16-12-9-11(17(20)21)5-8-15-12/h5,8-9H,1-4,6-7,10H2,(H,15,16)(H,18,19). The highest BCUT2D eigenvalue weighted by atomic mass is 16.6. The molecule has 0 aliphatic heterocycles. The highest BCUT2D eigenvalue weighted by Gasteiger charge is 2.38. The number of pyridine rings is 1. The molecule has 0 atom stereocenters. The van der Waals surface area contributed by atoms with Gasteiger partial charge in [-0.15, -0.1) is 0 Å². The van der Waals surface area contributed by atoms with Crippen molar-refractivity contribution in [2.45, 2.75) is 38.5 Å². The second-order valence-corrected chi connectivity index (χ2v) is 5.51. The second kappa shape index (κ2) is 6.51. The second-order valence-electron chi connectivity index (χ2n) is 5.51. The minimum Gasteiger partial charge on any atom is -0.481 e. The summed E-state index contributed by atoms with van der Waals surface area (Å²) in [5.74, 6) is -0.462. The first-order chi connectivity index (χ1) is 10.0. The van der Waals surface area contributed by atoms with Crippen molar-refractivity contribution in [2.75, 3.05) is 11.9 Å². The molecule has 0 amide bonds. The van der Waals surface area contributed by atoms with E-state index in [0.717, 1.165) is 25.7 Å². The van der Waals surface area contributed by atoms with Gasteiger partial charge in [-0.25, -0.2) is 4.98 Å². The van der Waals surface area contributed by atoms with Crippen LogP contribution in [0.2, 0.25) is 0 Å². The first-order valence-electron chi connectivity index (χ1n) is 7.11. The first kappa shape index (κ1) is 15.2. The van der Waals surface area contributed by atoms with Crippen molar-refractivity contribution >= 4 is 17.5 Å². The van der Waals surface area contributed by atoms with Crippen LogP contribution in [-0.4, -0.2) is 27.5 Å². The third-order valence-corrected chi connectivity index (χ3v) is 4.08. The van der Waals surface area contributed by atoms with Gasteiger partial charge in [0, 0.05) is 18.8 Å². The Kier molecular flexibility index (Phi) is 4.72. The molecule has 1 aromatic heterocycles. The lowest BCUT2D eigenvalue weighted by Gasteiger charge is -2.28. The summed E-state index contributed by atoms with van der Waals surface area (Å²) < 4.78 is 0. The molecule has 0 unspecified atom stereocenters. The summed E-state index contributed by atoms with van der Waals surface area (Å²) in [6.07, 6.45) is 6.52. The molecule has 114 valence electrons. The predicted octanol–water partition coefficient (Wildman–Crippen LogP) is 2.83. The van der Waals surface area contributed by atoms with Crippen LogP contribution in [0.1, 0.15) is 38.5 Å². The topological polar surface area (TPSA) is 105 Å². The minimum absolute atomic E-state index is 0.0576. The van der Waals surface area contributed by atoms with Crippen molar-refractivity contribution in [1.82, 2.24) is 4.98 Å². The van der Waals surface area contributed by atoms with E-state index < -0.39 is 16.3 Å². The van der Waals surface area contributed by atoms with Crippen LogP contribution < -0.4 is 5.32 Å². The molecule has 1 heterocycles. The molecule has 0 saturated heterocycles. The van der Waals surface area contributed by atoms with E-state index in [1.54, 1.807) is 0 Å². The zero-order valence-electron chi connectivity index (χ0n) is 11.7. The maximum Gasteiger partial charge on any atom is 0.311 e. The minimum atomic E-state index is -0.803. The van der Waals surface area contributed by atoms with Gasteiger partial charge >= 0.3 is 5.97 Å². The van der Waals surface area contributed by atoms with Gasteiger partial charge in [-0.3, -0.25) is 14.9 Å². The van der Waals surface area contributed by atoms with Crippen LogP contribution in [0.25, 0.3) is 0 Å². The number of hydrogen-bond acceptors (Lipinski definition) is 5. The average Bonchev–Trinajstić information content (AvgIpc) is 2.72. The van der Waals surface area contributed by atoms with Crippen molar-refractivity contribution in [3.8, 4) is 0 Å². The fraction of sp³-hybridized carbons (Fsp3) is 0.571. The number of anilines is 1. The number of aromatic nitrogens is 1. The van der Waals surface area contributed by atoms with Crippen molar-refractivity contribution in [1.29, 1.82) is 0 Å². The van der Waals surface area contributed by atoms with E-state index in [1.165, 1.54) is 18.3 Å². The molecule has 1 aliphatic carbocycles. The Morgan fingerprint density at radius 2 is 2.05 bits per heavy atom. The molecular weight excluding hydrogens is 274 g/mol. The third-order valence-electron chi connectivity index (χ3n) is 4.08. The molecule has 0 spiro atoms. The molecule has 7 heteroatoms. The van der Waals surface area contributed by atoms with Crippen LogP contribution >= 0.6 is 0 Å². The molecule has 21 heavy (non-hydrogen) atoms. The molecular formula is C14H19N3O4. The van der Waals surface area contributed by atoms with Gasteiger partial charge in [0.1, 0.15) is 5.82 Å². The van der Waals surface area contributed by atoms with Crippen molar-refractivity contribution in [2.24, 2.45) is 5.41 Å². The zero-order valence-corrected chi connectivity index (χ0v) is 11.7. The fourth-order valence-electron chi connectivity index (χ4n) is 2.76. The van der Waals surface area contributed by atoms with Crippen molar-refractivity contribution in [3.63, 3.8) is 0 Å². The fourth-order valence-corrected chi connectivity index (χ4v) is 2.76. The third kappa shape index (κ3) is 3.68. The lowest BCUT2D eigenvalue weighted by atomic mass is 9.80. The molecule has 1 saturated carbocycles. The number of carboxylic acids is 1. The molecule has 1 aliphatic rings. The summed E-state index contributed by atoms with van der Waals surface area (Å²) in [4.78, 5) is 25.9. The molecule has 7 nitrogen and oxygen atoms in total. The SMILES string of the molecule is O=C(O)C1(CNc2cc([N+](=O)[O-])ccn2)CCCCCC1. The Hall–Kier alpha value is -2.18. The van der Waals surface area contributed by atoms with Crippen LogP contribution in [-0.2, 0) is 4.79 Å². The molecule has 2 N–H and O–H groups in total. The summed E-state index contributed by atoms with van der Waals surface area (Å²) in [6.45, 7) is 0.247. The van der Waals surface area contributed by atoms with Crippen molar-refractivity contribution in [3.05, 3.63) is 28.4 Å². The monoisotopic (exact) mass is 293 g/mol. The molecule has 0 bridgehead atoms. The summed E-state index contributed by atoms with van der Waals surface area (Å²) in [6, 6.07) is 2.63. The zero-order chi connectivity index (χ0) is 15.3. The summed E-state index contributed by atoms with van der Waals surface area (Å²) >= 11 is 0. The van der Waals surface area contributed by atoms with Crippen LogP contribution in [0.3, 0.4) is 0 Å². The van der Waals surface area contributed by atoms with Crippen molar-refractivity contribution < 1.29 is 14.8 Å². The Morgan fingerprint density at radius 1 is 1.38 bits per heavy atom. The molecule has 0 radical (unpaired) electrons. The number of hydrogen-bond donors (Lipinski definition) is 2. The van der Waals surface area contributed by atoms with Crippen LogP contribution in [0.4, 0.5) is 11.5 Å². The number of carbonyl (C=O) groups is 1. The lowest BCUT2D eigenvalue weighted by Crippen LogP contribution is -2.37. The van der Waals surface area contributed by atoms with E-state index in [1.807, 2.05) is 0 Å². The van der Waals surface area contributed by atoms with Gasteiger partial charge in [0.25, 0.3) is 5.69 Å². The normalized spacial score (nSPS) is 17.7. The van der Waals surface area contributed by atoms with Crippen LogP contribution in [0, 0.1) is 15.5 Å². The Labute approximate surface area is 122 Å². The van der Waals surface area contributed by atoms with Gasteiger partial charge < -0.3 is 10.4 Å². The van der Waals surface area contributed by atoms with E-state index in [9.17, 15) is 20.0 Å². The maximum atomic E-state index is 11.7. The molecule has 1 fully saturated rings. The molecule has 0 aromatic carbocycles. The van der Waals surface area contributed by atoms with Gasteiger partial charge in [0.15, 0.2) is 0 Å². The van der Waals surface area contributed by atoms with E-state index in [2.05, 4.69) is 10.3 Å². The molecule has 1 aromatic rings. The number of rotatable bonds is 5. The number of nitrogens with one attached hydrogen (secondary N) is 1. The Balaban J connectivity index is 2.09. The van der Waals surface area contributed by atoms with Gasteiger partial charge in [-0.1, -0.05) is 25.7 Å². The van der Waals surface area contributed by atoms with Gasteiger partial charge in [-0.2, -0.15) is 0 Å². The highest BCUT2D eigenvalue weighted by Crippen LogP contribution is 2.35. The van der Waals surface area contributed by atoms with Gasteiger partial charge in [0.05, 0.1) is 16.4 Å². The van der Waals surface area contributed by atoms with E-state index in [4.69, 9.17) is 0 Å². The Bertz CT molecular complexity index is 525. The summed E-state index contributed by atoms with van der Waals surface area (Å²) in [5, 5.41) is 23.3. The first-order valence-corrected chi connectivity index (χ1v) is 7.11. The Morgan fingerprint density at radius 3 is 2.62 bits per heavy atom. The van der Waals surface area contributed by atoms with Crippen LogP contribution in [0.5, 0.6) is 0 Å².